The van der Waals surface area contributed by atoms with Gasteiger partial charge in [-0.2, -0.15) is 0 Å². The second-order valence-corrected chi connectivity index (χ2v) is 25.8. The third-order valence-electron chi connectivity index (χ3n) is 6.57. The fraction of sp³-hybridized carbons (Fsp3) is 1.00. The molecule has 236 valence electrons. The second-order valence-electron chi connectivity index (χ2n) is 10.3. The molecular formula is C28H60Ba3O4P2S4. The molecule has 0 bridgehead atoms. The molecule has 0 radical (unpaired) electrons. The Balaban J connectivity index is -0.000000196. The quantitative estimate of drug-likeness (QED) is 0.0523. The Labute approximate surface area is 393 Å². The van der Waals surface area contributed by atoms with Crippen molar-refractivity contribution in [1.82, 2.24) is 0 Å². The Morgan fingerprint density at radius 2 is 0.537 bits per heavy atom. The summed E-state index contributed by atoms with van der Waals surface area (Å²) >= 11 is 9.44. The Bertz CT molecular complexity index is 549. The fourth-order valence-corrected chi connectivity index (χ4v) is 14.5. The van der Waals surface area contributed by atoms with Gasteiger partial charge in [0.1, 0.15) is 0 Å². The van der Waals surface area contributed by atoms with Crippen molar-refractivity contribution in [3.05, 3.63) is 0 Å². The van der Waals surface area contributed by atoms with E-state index in [9.17, 15) is 19.6 Å². The summed E-state index contributed by atoms with van der Waals surface area (Å²) in [5.41, 5.74) is -7.05. The molecule has 0 aliphatic rings. The molecule has 0 N–H and O–H groups in total. The van der Waals surface area contributed by atoms with Gasteiger partial charge in [0.05, 0.1) is 0 Å². The Morgan fingerprint density at radius 1 is 0.366 bits per heavy atom. The number of hydrogen-bond donors (Lipinski definition) is 0. The van der Waals surface area contributed by atoms with Gasteiger partial charge in [-0.1, -0.05) is 130 Å². The van der Waals surface area contributed by atoms with Crippen LogP contribution in [0.25, 0.3) is 0 Å². The predicted molar refractivity (Wildman–Crippen MR) is 195 cm³/mol. The van der Waals surface area contributed by atoms with Gasteiger partial charge in [-0.3, -0.25) is 0 Å². The minimum absolute atomic E-state index is 0. The molecule has 0 atom stereocenters. The van der Waals surface area contributed by atoms with E-state index in [1.54, 1.807) is 0 Å². The normalized spacial score (nSPS) is 11.4. The van der Waals surface area contributed by atoms with Crippen molar-refractivity contribution < 1.29 is 19.6 Å². The van der Waals surface area contributed by atoms with Crippen LogP contribution >= 0.6 is 11.4 Å². The molecule has 0 aliphatic heterocycles. The van der Waals surface area contributed by atoms with E-state index >= 15 is 0 Å². The Kier molecular flexibility index (Phi) is 57.5. The summed E-state index contributed by atoms with van der Waals surface area (Å²) in [6.07, 6.45) is 23.6. The molecule has 4 nitrogen and oxygen atoms in total. The first-order chi connectivity index (χ1) is 18.0. The minimum Gasteiger partial charge on any atom is -0.854 e. The van der Waals surface area contributed by atoms with Crippen LogP contribution in [0.3, 0.4) is 0 Å². The van der Waals surface area contributed by atoms with Crippen LogP contribution in [-0.2, 0) is 44.6 Å². The molecule has 0 aromatic heterocycles. The molecule has 0 saturated carbocycles. The van der Waals surface area contributed by atoms with Crippen LogP contribution in [0.5, 0.6) is 0 Å². The molecule has 0 aliphatic carbocycles. The van der Waals surface area contributed by atoms with Gasteiger partial charge in [0, 0.05) is 0 Å². The third kappa shape index (κ3) is 42.9. The molecule has 0 spiro atoms. The van der Waals surface area contributed by atoms with E-state index in [4.69, 9.17) is 24.5 Å². The van der Waals surface area contributed by atoms with Gasteiger partial charge >= 0.3 is 147 Å². The summed E-state index contributed by atoms with van der Waals surface area (Å²) in [7, 11) is -1.08. The summed E-state index contributed by atoms with van der Waals surface area (Å²) in [5, 5.41) is 0. The van der Waals surface area contributed by atoms with Crippen molar-refractivity contribution in [2.24, 2.45) is 0 Å². The standard InChI is InChI=1S/2C14H30O2PS2.3Ba/c2*1-3-5-7-9-11-13-19(17(15,16)18)14-12-10-8-6-4-2;;;/h2*3-14H2,1-2H3;;;/q2*-3;3*+2. The zero-order chi connectivity index (χ0) is 29.1. The largest absolute Gasteiger partial charge is 2.00 e. The minimum atomic E-state index is -3.53. The van der Waals surface area contributed by atoms with Crippen LogP contribution < -0.4 is 19.6 Å². The van der Waals surface area contributed by atoms with Gasteiger partial charge in [-0.25, -0.2) is 20.1 Å². The van der Waals surface area contributed by atoms with Gasteiger partial charge in [0.15, 0.2) is 0 Å². The summed E-state index contributed by atoms with van der Waals surface area (Å²) < 4.78 is 0. The molecule has 0 unspecified atom stereocenters. The molecular weight excluding hydrogens is 1000 g/mol. The van der Waals surface area contributed by atoms with Gasteiger partial charge in [0.25, 0.3) is 0 Å². The van der Waals surface area contributed by atoms with Crippen molar-refractivity contribution in [3.8, 4) is 0 Å². The third-order valence-corrected chi connectivity index (χ3v) is 20.7. The van der Waals surface area contributed by atoms with Crippen LogP contribution in [0.1, 0.15) is 156 Å². The molecule has 0 rings (SSSR count). The smallest absolute Gasteiger partial charge is 0.854 e. The molecule has 0 fully saturated rings. The van der Waals surface area contributed by atoms with E-state index in [0.717, 1.165) is 74.4 Å². The van der Waals surface area contributed by atoms with Crippen molar-refractivity contribution >= 4 is 203 Å². The SMILES string of the molecule is CCCCCCCS(CCCCCCC)=P([O-])([O-])[S-].CCCCCCCS(CCCCCCC)=P([O-])([O-])[S-].[Ba+2].[Ba+2].[Ba+2]. The maximum absolute atomic E-state index is 11.6. The van der Waals surface area contributed by atoms with Crippen LogP contribution in [0.2, 0.25) is 0 Å². The van der Waals surface area contributed by atoms with E-state index in [2.05, 4.69) is 27.7 Å². The average Bonchev–Trinajstić information content (AvgIpc) is 2.84. The van der Waals surface area contributed by atoms with Crippen molar-refractivity contribution in [2.45, 2.75) is 156 Å². The molecule has 0 saturated heterocycles. The van der Waals surface area contributed by atoms with Crippen LogP contribution in [0.4, 0.5) is 0 Å². The Hall–Kier alpha value is 6.81. The van der Waals surface area contributed by atoms with Gasteiger partial charge < -0.3 is 55.5 Å². The molecule has 0 amide bonds. The van der Waals surface area contributed by atoms with Crippen LogP contribution in [0.15, 0.2) is 0 Å². The summed E-state index contributed by atoms with van der Waals surface area (Å²) in [6, 6.07) is 0. The van der Waals surface area contributed by atoms with Crippen molar-refractivity contribution in [2.75, 3.05) is 23.0 Å². The first-order valence-corrected chi connectivity index (χ1v) is 25.1. The Morgan fingerprint density at radius 3 is 0.683 bits per heavy atom. The second kappa shape index (κ2) is 41.2. The molecule has 0 heterocycles. The van der Waals surface area contributed by atoms with Gasteiger partial charge in [0.2, 0.25) is 0 Å². The van der Waals surface area contributed by atoms with E-state index < -0.39 is 31.5 Å². The number of unbranched alkanes of at least 4 members (excludes halogenated alkanes) is 16. The monoisotopic (exact) mass is 1060 g/mol. The first kappa shape index (κ1) is 57.2. The topological polar surface area (TPSA) is 92.2 Å². The number of hydrogen-bond acceptors (Lipinski definition) is 6. The molecule has 13 heteroatoms. The fourth-order valence-electron chi connectivity index (χ4n) is 4.14. The summed E-state index contributed by atoms with van der Waals surface area (Å²) in [4.78, 5) is 46.5. The van der Waals surface area contributed by atoms with E-state index in [0.29, 0.717) is 0 Å². The average molecular weight is 1060 g/mol. The van der Waals surface area contributed by atoms with Crippen LogP contribution in [0, 0.1) is 0 Å². The van der Waals surface area contributed by atoms with Crippen molar-refractivity contribution in [3.63, 3.8) is 0 Å². The maximum atomic E-state index is 11.6. The van der Waals surface area contributed by atoms with E-state index in [-0.39, 0.29) is 147 Å². The van der Waals surface area contributed by atoms with Gasteiger partial charge in [-0.05, 0) is 48.7 Å². The molecule has 0 aromatic carbocycles. The van der Waals surface area contributed by atoms with Crippen LogP contribution in [-0.4, -0.2) is 170 Å². The van der Waals surface area contributed by atoms with E-state index in [1.165, 1.54) is 77.0 Å². The summed E-state index contributed by atoms with van der Waals surface area (Å²) in [5.74, 6) is 3.23. The zero-order valence-electron chi connectivity index (χ0n) is 27.3. The van der Waals surface area contributed by atoms with Gasteiger partial charge in [-0.15, -0.1) is 0 Å². The zero-order valence-corrected chi connectivity index (χ0v) is 45.6. The summed E-state index contributed by atoms with van der Waals surface area (Å²) in [6.45, 7) is 8.76. The number of rotatable bonds is 24. The first-order valence-electron chi connectivity index (χ1n) is 15.4. The molecule has 41 heavy (non-hydrogen) atoms. The van der Waals surface area contributed by atoms with E-state index in [1.807, 2.05) is 0 Å². The maximum Gasteiger partial charge on any atom is 2.00 e. The van der Waals surface area contributed by atoms with Crippen molar-refractivity contribution in [1.29, 1.82) is 0 Å². The molecule has 0 aromatic rings. The predicted octanol–water partition coefficient (Wildman–Crippen LogP) is 5.84.